The molecular formula is C18H22ClFN2O3. The van der Waals surface area contributed by atoms with E-state index in [0.29, 0.717) is 17.3 Å². The topological polar surface area (TPSA) is 54.6 Å². The number of nitrogens with one attached hydrogen (secondary N) is 1. The van der Waals surface area contributed by atoms with Crippen molar-refractivity contribution in [2.45, 2.75) is 45.1 Å². The summed E-state index contributed by atoms with van der Waals surface area (Å²) in [4.78, 5) is 16.8. The predicted molar refractivity (Wildman–Crippen MR) is 95.0 cm³/mol. The van der Waals surface area contributed by atoms with E-state index in [0.717, 1.165) is 10.9 Å². The summed E-state index contributed by atoms with van der Waals surface area (Å²) in [5, 5.41) is 1.33. The molecule has 2 heterocycles. The number of piperidine rings is 1. The van der Waals surface area contributed by atoms with Gasteiger partial charge in [0.05, 0.1) is 12.1 Å². The Kier molecular flexibility index (Phi) is 4.82. The van der Waals surface area contributed by atoms with E-state index in [1.807, 2.05) is 6.07 Å². The number of aromatic nitrogens is 1. The third-order valence-electron chi connectivity index (χ3n) is 4.00. The van der Waals surface area contributed by atoms with Gasteiger partial charge >= 0.3 is 6.09 Å². The van der Waals surface area contributed by atoms with Crippen molar-refractivity contribution in [1.82, 2.24) is 9.88 Å². The van der Waals surface area contributed by atoms with Crippen LogP contribution in [0, 0.1) is 0 Å². The number of H-pyrrole nitrogens is 1. The van der Waals surface area contributed by atoms with Crippen molar-refractivity contribution in [1.29, 1.82) is 0 Å². The van der Waals surface area contributed by atoms with E-state index in [2.05, 4.69) is 4.98 Å². The summed E-state index contributed by atoms with van der Waals surface area (Å²) >= 11 is 6.11. The molecule has 1 aromatic heterocycles. The fourth-order valence-electron chi connectivity index (χ4n) is 2.85. The van der Waals surface area contributed by atoms with Gasteiger partial charge in [-0.2, -0.15) is 0 Å². The number of benzene rings is 1. The van der Waals surface area contributed by atoms with Gasteiger partial charge in [0.2, 0.25) is 0 Å². The Hall–Kier alpha value is -1.95. The molecule has 0 bridgehead atoms. The maximum absolute atomic E-state index is 14.4. The number of halogens is 2. The second kappa shape index (κ2) is 6.75. The van der Waals surface area contributed by atoms with Gasteiger partial charge in [-0.3, -0.25) is 0 Å². The summed E-state index contributed by atoms with van der Waals surface area (Å²) in [6.45, 7) is 5.85. The minimum atomic E-state index is -1.16. The van der Waals surface area contributed by atoms with Gasteiger partial charge in [-0.1, -0.05) is 11.6 Å². The molecule has 136 valence electrons. The van der Waals surface area contributed by atoms with Crippen molar-refractivity contribution >= 4 is 28.6 Å². The fraction of sp³-hybridized carbons (Fsp3) is 0.500. The van der Waals surface area contributed by atoms with Gasteiger partial charge in [0, 0.05) is 29.6 Å². The van der Waals surface area contributed by atoms with Crippen LogP contribution in [0.1, 0.15) is 27.2 Å². The van der Waals surface area contributed by atoms with Crippen LogP contribution in [-0.4, -0.2) is 46.9 Å². The molecule has 1 fully saturated rings. The maximum atomic E-state index is 14.4. The molecule has 1 amide bonds. The second-order valence-electron chi connectivity index (χ2n) is 7.23. The Bertz CT molecular complexity index is 771. The largest absolute Gasteiger partial charge is 0.485 e. The van der Waals surface area contributed by atoms with Gasteiger partial charge in [0.25, 0.3) is 0 Å². The van der Waals surface area contributed by atoms with E-state index in [9.17, 15) is 9.18 Å². The standard InChI is InChI=1S/C18H22ClFN2O3/c1-18(2,3)25-17(23)22-7-5-13(20)16(10-22)24-15-9-11(19)8-14-12(15)4-6-21-14/h4,6,8-9,13,16,21H,5,7,10H2,1-3H3/t13-,16+/m1/s1. The van der Waals surface area contributed by atoms with E-state index in [1.54, 1.807) is 39.1 Å². The van der Waals surface area contributed by atoms with Crippen molar-refractivity contribution in [2.24, 2.45) is 0 Å². The number of alkyl halides is 1. The van der Waals surface area contributed by atoms with Gasteiger partial charge in [-0.05, 0) is 39.0 Å². The number of hydrogen-bond acceptors (Lipinski definition) is 3. The number of rotatable bonds is 2. The van der Waals surface area contributed by atoms with Crippen LogP contribution >= 0.6 is 11.6 Å². The first-order valence-electron chi connectivity index (χ1n) is 8.28. The molecule has 25 heavy (non-hydrogen) atoms. The Balaban J connectivity index is 1.76. The monoisotopic (exact) mass is 368 g/mol. The molecule has 0 radical (unpaired) electrons. The van der Waals surface area contributed by atoms with Crippen LogP contribution in [0.4, 0.5) is 9.18 Å². The predicted octanol–water partition coefficient (Wildman–Crippen LogP) is 4.55. The summed E-state index contributed by atoms with van der Waals surface area (Å²) < 4.78 is 25.7. The van der Waals surface area contributed by atoms with Crippen LogP contribution in [0.2, 0.25) is 5.02 Å². The molecule has 0 unspecified atom stereocenters. The number of hydrogen-bond donors (Lipinski definition) is 1. The zero-order chi connectivity index (χ0) is 18.2. The second-order valence-corrected chi connectivity index (χ2v) is 7.67. The Labute approximate surface area is 151 Å². The lowest BCUT2D eigenvalue weighted by molar-refractivity contribution is -0.0119. The average Bonchev–Trinajstić information content (AvgIpc) is 2.95. The van der Waals surface area contributed by atoms with Gasteiger partial charge in [0.1, 0.15) is 23.6 Å². The van der Waals surface area contributed by atoms with Crippen LogP contribution in [0.15, 0.2) is 24.4 Å². The van der Waals surface area contributed by atoms with Gasteiger partial charge < -0.3 is 19.4 Å². The zero-order valence-electron chi connectivity index (χ0n) is 14.5. The zero-order valence-corrected chi connectivity index (χ0v) is 15.3. The molecule has 2 atom stereocenters. The Morgan fingerprint density at radius 1 is 1.40 bits per heavy atom. The maximum Gasteiger partial charge on any atom is 0.410 e. The van der Waals surface area contributed by atoms with Crippen LogP contribution in [-0.2, 0) is 4.74 Å². The van der Waals surface area contributed by atoms with Gasteiger partial charge in [-0.15, -0.1) is 0 Å². The lowest BCUT2D eigenvalue weighted by atomic mass is 10.1. The molecular weight excluding hydrogens is 347 g/mol. The lowest BCUT2D eigenvalue weighted by Gasteiger charge is -2.36. The highest BCUT2D eigenvalue weighted by molar-refractivity contribution is 6.31. The molecule has 1 aliphatic rings. The number of aromatic amines is 1. The smallest absolute Gasteiger partial charge is 0.410 e. The number of ether oxygens (including phenoxy) is 2. The highest BCUT2D eigenvalue weighted by Gasteiger charge is 2.35. The van der Waals surface area contributed by atoms with Crippen molar-refractivity contribution < 1.29 is 18.7 Å². The molecule has 5 nitrogen and oxygen atoms in total. The number of nitrogens with zero attached hydrogens (tertiary/aromatic N) is 1. The molecule has 0 spiro atoms. The van der Waals surface area contributed by atoms with Crippen LogP contribution < -0.4 is 4.74 Å². The minimum Gasteiger partial charge on any atom is -0.485 e. The highest BCUT2D eigenvalue weighted by Crippen LogP contribution is 2.32. The van der Waals surface area contributed by atoms with Crippen LogP contribution in [0.5, 0.6) is 5.75 Å². The highest BCUT2D eigenvalue weighted by atomic mass is 35.5. The third kappa shape index (κ3) is 4.18. The van der Waals surface area contributed by atoms with Crippen molar-refractivity contribution in [3.63, 3.8) is 0 Å². The van der Waals surface area contributed by atoms with Crippen molar-refractivity contribution in [2.75, 3.05) is 13.1 Å². The molecule has 2 aromatic rings. The number of carbonyl (C=O) groups is 1. The average molecular weight is 369 g/mol. The summed E-state index contributed by atoms with van der Waals surface area (Å²) in [7, 11) is 0. The fourth-order valence-corrected chi connectivity index (χ4v) is 3.06. The quantitative estimate of drug-likeness (QED) is 0.846. The molecule has 1 saturated heterocycles. The molecule has 7 heteroatoms. The first-order chi connectivity index (χ1) is 11.7. The Morgan fingerprint density at radius 3 is 2.88 bits per heavy atom. The molecule has 1 N–H and O–H groups in total. The minimum absolute atomic E-state index is 0.133. The molecule has 3 rings (SSSR count). The van der Waals surface area contributed by atoms with Crippen LogP contribution in [0.25, 0.3) is 10.9 Å². The third-order valence-corrected chi connectivity index (χ3v) is 4.22. The van der Waals surface area contributed by atoms with E-state index in [-0.39, 0.29) is 13.0 Å². The van der Waals surface area contributed by atoms with Gasteiger partial charge in [-0.25, -0.2) is 9.18 Å². The summed E-state index contributed by atoms with van der Waals surface area (Å²) in [6.07, 6.45) is -0.398. The first-order valence-corrected chi connectivity index (χ1v) is 8.66. The summed E-state index contributed by atoms with van der Waals surface area (Å²) in [5.74, 6) is 0.502. The molecule has 1 aromatic carbocycles. The van der Waals surface area contributed by atoms with E-state index in [1.165, 1.54) is 4.90 Å². The summed E-state index contributed by atoms with van der Waals surface area (Å²) in [5.41, 5.74) is 0.224. The number of carbonyl (C=O) groups excluding carboxylic acids is 1. The van der Waals surface area contributed by atoms with Crippen molar-refractivity contribution in [3.8, 4) is 5.75 Å². The summed E-state index contributed by atoms with van der Waals surface area (Å²) in [6, 6.07) is 5.30. The number of fused-ring (bicyclic) bond motifs is 1. The molecule has 0 aliphatic carbocycles. The number of amides is 1. The lowest BCUT2D eigenvalue weighted by Crippen LogP contribution is -2.51. The molecule has 1 aliphatic heterocycles. The normalized spacial score (nSPS) is 21.4. The van der Waals surface area contributed by atoms with Crippen molar-refractivity contribution in [3.05, 3.63) is 29.4 Å². The Morgan fingerprint density at radius 2 is 2.16 bits per heavy atom. The SMILES string of the molecule is CC(C)(C)OC(=O)N1CC[C@@H](F)[C@@H](Oc2cc(Cl)cc3[nH]ccc23)C1. The van der Waals surface area contributed by atoms with Gasteiger partial charge in [0.15, 0.2) is 0 Å². The van der Waals surface area contributed by atoms with E-state index in [4.69, 9.17) is 21.1 Å². The van der Waals surface area contributed by atoms with E-state index >= 15 is 0 Å². The van der Waals surface area contributed by atoms with E-state index < -0.39 is 24.0 Å². The number of likely N-dealkylation sites (tertiary alicyclic amines) is 1. The first kappa shape index (κ1) is 17.9. The van der Waals surface area contributed by atoms with Crippen LogP contribution in [0.3, 0.4) is 0 Å². The molecule has 0 saturated carbocycles.